The van der Waals surface area contributed by atoms with Crippen molar-refractivity contribution < 1.29 is 14.3 Å². The molecule has 0 saturated heterocycles. The highest BCUT2D eigenvalue weighted by Crippen LogP contribution is 2.33. The normalized spacial score (nSPS) is 10.9. The number of fused-ring (bicyclic) bond motifs is 1. The van der Waals surface area contributed by atoms with Crippen LogP contribution in [0.25, 0.3) is 10.2 Å². The molecule has 2 aromatic carbocycles. The summed E-state index contributed by atoms with van der Waals surface area (Å²) in [4.78, 5) is 23.4. The molecule has 0 atom stereocenters. The molecule has 2 aromatic heterocycles. The van der Waals surface area contributed by atoms with Crippen molar-refractivity contribution in [2.45, 2.75) is 32.2 Å². The van der Waals surface area contributed by atoms with Crippen molar-refractivity contribution in [3.05, 3.63) is 70.1 Å². The maximum absolute atomic E-state index is 12.4. The number of benzene rings is 2. The molecule has 0 unspecified atom stereocenters. The van der Waals surface area contributed by atoms with Gasteiger partial charge in [0.25, 0.3) is 0 Å². The molecule has 0 saturated carbocycles. The fraction of sp³-hybridized carbons (Fsp3) is 0.240. The minimum Gasteiger partial charge on any atom is -0.493 e. The lowest BCUT2D eigenvalue weighted by Gasteiger charge is -2.13. The number of rotatable bonds is 9. The van der Waals surface area contributed by atoms with Crippen LogP contribution >= 0.6 is 23.1 Å². The molecular formula is C25H26N4O3S2. The van der Waals surface area contributed by atoms with Gasteiger partial charge in [0.2, 0.25) is 5.91 Å². The summed E-state index contributed by atoms with van der Waals surface area (Å²) < 4.78 is 11.4. The number of hydrogen-bond acceptors (Lipinski definition) is 8. The summed E-state index contributed by atoms with van der Waals surface area (Å²) in [6, 6.07) is 15.6. The highest BCUT2D eigenvalue weighted by atomic mass is 32.2. The van der Waals surface area contributed by atoms with Gasteiger partial charge in [0, 0.05) is 11.4 Å². The maximum atomic E-state index is 12.4. The Balaban J connectivity index is 1.31. The zero-order chi connectivity index (χ0) is 24.1. The number of anilines is 1. The number of thiophene rings is 1. The zero-order valence-electron chi connectivity index (χ0n) is 19.3. The molecule has 2 heterocycles. The Morgan fingerprint density at radius 1 is 1.09 bits per heavy atom. The first-order valence-electron chi connectivity index (χ1n) is 10.7. The van der Waals surface area contributed by atoms with Crippen LogP contribution in [0.2, 0.25) is 0 Å². The molecule has 176 valence electrons. The summed E-state index contributed by atoms with van der Waals surface area (Å²) in [5.74, 6) is 1.81. The van der Waals surface area contributed by atoms with E-state index in [0.29, 0.717) is 35.6 Å². The molecule has 0 aliphatic heterocycles. The maximum Gasteiger partial charge on any atom is 0.230 e. The molecule has 9 heteroatoms. The lowest BCUT2D eigenvalue weighted by molar-refractivity contribution is -0.118. The van der Waals surface area contributed by atoms with Gasteiger partial charge in [-0.15, -0.1) is 11.3 Å². The number of nitrogens with two attached hydrogens (primary N) is 1. The second kappa shape index (κ2) is 10.8. The number of carbonyl (C=O) groups is 1. The molecule has 0 radical (unpaired) electrons. The summed E-state index contributed by atoms with van der Waals surface area (Å²) in [6.45, 7) is 4.89. The van der Waals surface area contributed by atoms with Crippen molar-refractivity contribution in [3.8, 4) is 11.5 Å². The third-order valence-electron chi connectivity index (χ3n) is 5.32. The van der Waals surface area contributed by atoms with Crippen LogP contribution in [0.1, 0.15) is 21.6 Å². The number of methoxy groups -OCH3 is 1. The van der Waals surface area contributed by atoms with Crippen molar-refractivity contribution >= 4 is 45.0 Å². The van der Waals surface area contributed by atoms with E-state index in [-0.39, 0.29) is 11.7 Å². The van der Waals surface area contributed by atoms with Gasteiger partial charge in [-0.25, -0.2) is 9.97 Å². The number of thioether (sulfide) groups is 1. The predicted octanol–water partition coefficient (Wildman–Crippen LogP) is 4.89. The fourth-order valence-electron chi connectivity index (χ4n) is 3.38. The lowest BCUT2D eigenvalue weighted by Crippen LogP contribution is -2.24. The third kappa shape index (κ3) is 5.60. The Bertz CT molecular complexity index is 1310. The molecule has 4 aromatic rings. The molecule has 7 nitrogen and oxygen atoms in total. The van der Waals surface area contributed by atoms with Gasteiger partial charge in [-0.2, -0.15) is 0 Å². The number of amides is 1. The molecule has 0 aliphatic rings. The quantitative estimate of drug-likeness (QED) is 0.252. The minimum atomic E-state index is -0.116. The molecule has 3 N–H and O–H groups in total. The first kappa shape index (κ1) is 23.8. The van der Waals surface area contributed by atoms with Gasteiger partial charge in [0.15, 0.2) is 16.7 Å². The number of hydrogen-bond donors (Lipinski definition) is 2. The molecule has 4 rings (SSSR count). The van der Waals surface area contributed by atoms with Gasteiger partial charge in [0.05, 0.1) is 18.2 Å². The van der Waals surface area contributed by atoms with Gasteiger partial charge in [-0.1, -0.05) is 48.2 Å². The monoisotopic (exact) mass is 494 g/mol. The van der Waals surface area contributed by atoms with E-state index in [1.54, 1.807) is 18.4 Å². The molecule has 0 fully saturated rings. The lowest BCUT2D eigenvalue weighted by atomic mass is 10.2. The summed E-state index contributed by atoms with van der Waals surface area (Å²) in [5, 5.41) is 4.33. The van der Waals surface area contributed by atoms with Crippen LogP contribution in [-0.4, -0.2) is 28.7 Å². The number of nitrogens with zero attached hydrogens (tertiary/aromatic N) is 2. The number of ether oxygens (including phenoxy) is 2. The Kier molecular flexibility index (Phi) is 7.54. The molecule has 0 aliphatic carbocycles. The Labute approximate surface area is 206 Å². The molecule has 0 spiro atoms. The third-order valence-corrected chi connectivity index (χ3v) is 7.27. The van der Waals surface area contributed by atoms with Crippen LogP contribution in [0, 0.1) is 13.8 Å². The van der Waals surface area contributed by atoms with Crippen LogP contribution < -0.4 is 20.5 Å². The average molecular weight is 495 g/mol. The summed E-state index contributed by atoms with van der Waals surface area (Å²) in [6.07, 6.45) is 0. The second-order valence-corrected chi connectivity index (χ2v) is 9.83. The van der Waals surface area contributed by atoms with Gasteiger partial charge >= 0.3 is 0 Å². The van der Waals surface area contributed by atoms with E-state index in [2.05, 4.69) is 15.3 Å². The number of nitrogen functional groups attached to an aromatic ring is 1. The van der Waals surface area contributed by atoms with Crippen LogP contribution in [-0.2, 0) is 17.9 Å². The van der Waals surface area contributed by atoms with E-state index in [1.165, 1.54) is 16.6 Å². The number of aryl methyl sites for hydroxylation is 2. The van der Waals surface area contributed by atoms with E-state index >= 15 is 0 Å². The number of aromatic nitrogens is 2. The van der Waals surface area contributed by atoms with E-state index in [4.69, 9.17) is 15.2 Å². The summed E-state index contributed by atoms with van der Waals surface area (Å²) in [5.41, 5.74) is 9.22. The number of nitrogens with one attached hydrogen (secondary N) is 1. The van der Waals surface area contributed by atoms with Gasteiger partial charge in [-0.3, -0.25) is 4.79 Å². The van der Waals surface area contributed by atoms with Crippen LogP contribution in [0.3, 0.4) is 0 Å². The van der Waals surface area contributed by atoms with Gasteiger partial charge in [-0.05, 0) is 42.7 Å². The van der Waals surface area contributed by atoms with Crippen LogP contribution in [0.15, 0.2) is 53.7 Å². The standard InChI is InChI=1S/C25H26N4O3S2/c1-15-16(2)34-24-22(15)23(26)28-25(29-24)33-14-21(30)27-12-18-9-10-19(20(11-18)31-3)32-13-17-7-5-4-6-8-17/h4-11H,12-14H2,1-3H3,(H,27,30)(H2,26,28,29). The summed E-state index contributed by atoms with van der Waals surface area (Å²) in [7, 11) is 1.60. The van der Waals surface area contributed by atoms with Crippen molar-refractivity contribution in [2.75, 3.05) is 18.6 Å². The first-order chi connectivity index (χ1) is 16.4. The van der Waals surface area contributed by atoms with E-state index in [9.17, 15) is 4.79 Å². The first-order valence-corrected chi connectivity index (χ1v) is 12.5. The van der Waals surface area contributed by atoms with Crippen molar-refractivity contribution in [2.24, 2.45) is 0 Å². The van der Waals surface area contributed by atoms with E-state index < -0.39 is 0 Å². The van der Waals surface area contributed by atoms with Crippen LogP contribution in [0.5, 0.6) is 11.5 Å². The molecule has 0 bridgehead atoms. The zero-order valence-corrected chi connectivity index (χ0v) is 20.9. The highest BCUT2D eigenvalue weighted by Gasteiger charge is 2.14. The van der Waals surface area contributed by atoms with Crippen LogP contribution in [0.4, 0.5) is 5.82 Å². The van der Waals surface area contributed by atoms with Crippen molar-refractivity contribution in [1.82, 2.24) is 15.3 Å². The minimum absolute atomic E-state index is 0.116. The molecule has 1 amide bonds. The predicted molar refractivity (Wildman–Crippen MR) is 138 cm³/mol. The van der Waals surface area contributed by atoms with Gasteiger partial charge in [0.1, 0.15) is 17.3 Å². The molecule has 34 heavy (non-hydrogen) atoms. The Morgan fingerprint density at radius 3 is 2.65 bits per heavy atom. The Morgan fingerprint density at radius 2 is 1.88 bits per heavy atom. The largest absolute Gasteiger partial charge is 0.493 e. The number of carbonyl (C=O) groups excluding carboxylic acids is 1. The van der Waals surface area contributed by atoms with E-state index in [0.717, 1.165) is 26.9 Å². The smallest absolute Gasteiger partial charge is 0.230 e. The fourth-order valence-corrected chi connectivity index (χ4v) is 5.16. The van der Waals surface area contributed by atoms with E-state index in [1.807, 2.05) is 62.4 Å². The topological polar surface area (TPSA) is 99.4 Å². The average Bonchev–Trinajstić information content (AvgIpc) is 3.14. The molecular weight excluding hydrogens is 468 g/mol. The van der Waals surface area contributed by atoms with Crippen molar-refractivity contribution in [3.63, 3.8) is 0 Å². The SMILES string of the molecule is COc1cc(CNC(=O)CSc2nc(N)c3c(C)c(C)sc3n2)ccc1OCc1ccccc1. The van der Waals surface area contributed by atoms with Crippen molar-refractivity contribution in [1.29, 1.82) is 0 Å². The Hall–Kier alpha value is -3.30. The second-order valence-electron chi connectivity index (χ2n) is 7.68. The highest BCUT2D eigenvalue weighted by molar-refractivity contribution is 7.99. The summed E-state index contributed by atoms with van der Waals surface area (Å²) >= 11 is 2.86. The van der Waals surface area contributed by atoms with Gasteiger partial charge < -0.3 is 20.5 Å².